The maximum Gasteiger partial charge on any atom is 0.0469 e. The van der Waals surface area contributed by atoms with E-state index in [1.165, 1.54) is 31.2 Å². The molecule has 100 valence electrons. The molecule has 1 fully saturated rings. The van der Waals surface area contributed by atoms with Crippen molar-refractivity contribution in [2.24, 2.45) is 5.92 Å². The summed E-state index contributed by atoms with van der Waals surface area (Å²) in [5.74, 6) is 0.793. The van der Waals surface area contributed by atoms with E-state index in [1.807, 2.05) is 0 Å². The van der Waals surface area contributed by atoms with Crippen molar-refractivity contribution in [3.8, 4) is 0 Å². The second-order valence-electron chi connectivity index (χ2n) is 5.22. The van der Waals surface area contributed by atoms with Crippen LogP contribution in [0.4, 0.5) is 0 Å². The van der Waals surface area contributed by atoms with Crippen LogP contribution in [-0.2, 0) is 4.74 Å². The van der Waals surface area contributed by atoms with Crippen LogP contribution < -0.4 is 5.32 Å². The van der Waals surface area contributed by atoms with Gasteiger partial charge in [-0.3, -0.25) is 0 Å². The molecular weight excluding hydrogens is 222 g/mol. The van der Waals surface area contributed by atoms with Gasteiger partial charge in [0.25, 0.3) is 0 Å². The lowest BCUT2D eigenvalue weighted by Gasteiger charge is -2.26. The molecule has 0 spiro atoms. The Bertz CT molecular complexity index is 319. The molecule has 2 heteroatoms. The van der Waals surface area contributed by atoms with Gasteiger partial charge in [0, 0.05) is 19.3 Å². The van der Waals surface area contributed by atoms with Crippen LogP contribution in [0.5, 0.6) is 0 Å². The number of nitrogens with one attached hydrogen (secondary N) is 1. The molecule has 0 bridgehead atoms. The van der Waals surface area contributed by atoms with E-state index >= 15 is 0 Å². The van der Waals surface area contributed by atoms with Gasteiger partial charge >= 0.3 is 0 Å². The SMILES string of the molecule is CCCC(NCC1CCOCC1)c1ccccc1. The van der Waals surface area contributed by atoms with E-state index in [1.54, 1.807) is 0 Å². The minimum absolute atomic E-state index is 0.513. The largest absolute Gasteiger partial charge is 0.381 e. The van der Waals surface area contributed by atoms with E-state index in [0.29, 0.717) is 6.04 Å². The molecule has 1 aromatic rings. The molecule has 1 aromatic carbocycles. The highest BCUT2D eigenvalue weighted by Crippen LogP contribution is 2.20. The van der Waals surface area contributed by atoms with Crippen molar-refractivity contribution >= 4 is 0 Å². The van der Waals surface area contributed by atoms with Gasteiger partial charge in [0.2, 0.25) is 0 Å². The normalized spacial score (nSPS) is 18.7. The van der Waals surface area contributed by atoms with Gasteiger partial charge in [-0.1, -0.05) is 43.7 Å². The van der Waals surface area contributed by atoms with E-state index in [-0.39, 0.29) is 0 Å². The molecule has 1 atom stereocenters. The molecule has 18 heavy (non-hydrogen) atoms. The van der Waals surface area contributed by atoms with Crippen LogP contribution in [0.3, 0.4) is 0 Å². The van der Waals surface area contributed by atoms with Crippen molar-refractivity contribution < 1.29 is 4.74 Å². The molecule has 0 amide bonds. The fraction of sp³-hybridized carbons (Fsp3) is 0.625. The number of hydrogen-bond acceptors (Lipinski definition) is 2. The van der Waals surface area contributed by atoms with Crippen LogP contribution in [0, 0.1) is 5.92 Å². The van der Waals surface area contributed by atoms with E-state index in [9.17, 15) is 0 Å². The summed E-state index contributed by atoms with van der Waals surface area (Å²) in [6.07, 6.45) is 4.86. The van der Waals surface area contributed by atoms with Crippen molar-refractivity contribution in [3.05, 3.63) is 35.9 Å². The van der Waals surface area contributed by atoms with Gasteiger partial charge < -0.3 is 10.1 Å². The molecule has 0 aromatic heterocycles. The molecular formula is C16H25NO. The molecule has 1 saturated heterocycles. The van der Waals surface area contributed by atoms with Gasteiger partial charge in [0.1, 0.15) is 0 Å². The first kappa shape index (κ1) is 13.6. The molecule has 1 aliphatic rings. The third-order valence-electron chi connectivity index (χ3n) is 3.77. The van der Waals surface area contributed by atoms with Gasteiger partial charge in [-0.05, 0) is 37.3 Å². The predicted molar refractivity (Wildman–Crippen MR) is 75.6 cm³/mol. The van der Waals surface area contributed by atoms with Gasteiger partial charge in [-0.15, -0.1) is 0 Å². The lowest BCUT2D eigenvalue weighted by Crippen LogP contribution is -2.30. The van der Waals surface area contributed by atoms with Gasteiger partial charge in [0.05, 0.1) is 0 Å². The monoisotopic (exact) mass is 247 g/mol. The minimum Gasteiger partial charge on any atom is -0.381 e. The average Bonchev–Trinajstić information content (AvgIpc) is 2.45. The van der Waals surface area contributed by atoms with E-state index < -0.39 is 0 Å². The molecule has 2 nitrogen and oxygen atoms in total. The van der Waals surface area contributed by atoms with Crippen LogP contribution in [-0.4, -0.2) is 19.8 Å². The number of hydrogen-bond donors (Lipinski definition) is 1. The summed E-state index contributed by atoms with van der Waals surface area (Å²) in [6.45, 7) is 5.27. The van der Waals surface area contributed by atoms with Crippen LogP contribution in [0.25, 0.3) is 0 Å². The van der Waals surface area contributed by atoms with E-state index in [0.717, 1.165) is 25.7 Å². The fourth-order valence-electron chi connectivity index (χ4n) is 2.62. The highest BCUT2D eigenvalue weighted by atomic mass is 16.5. The maximum absolute atomic E-state index is 5.41. The molecule has 0 radical (unpaired) electrons. The van der Waals surface area contributed by atoms with Gasteiger partial charge in [0.15, 0.2) is 0 Å². The Morgan fingerprint density at radius 1 is 1.22 bits per heavy atom. The Kier molecular flexibility index (Phi) is 5.69. The topological polar surface area (TPSA) is 21.3 Å². The molecule has 0 aliphatic carbocycles. The lowest BCUT2D eigenvalue weighted by atomic mass is 9.97. The second kappa shape index (κ2) is 7.55. The minimum atomic E-state index is 0.513. The zero-order valence-corrected chi connectivity index (χ0v) is 11.4. The third-order valence-corrected chi connectivity index (χ3v) is 3.77. The summed E-state index contributed by atoms with van der Waals surface area (Å²) >= 11 is 0. The smallest absolute Gasteiger partial charge is 0.0469 e. The number of ether oxygens (including phenoxy) is 1. The highest BCUT2D eigenvalue weighted by Gasteiger charge is 2.16. The summed E-state index contributed by atoms with van der Waals surface area (Å²) in [5, 5.41) is 3.75. The molecule has 1 heterocycles. The maximum atomic E-state index is 5.41. The van der Waals surface area contributed by atoms with Crippen molar-refractivity contribution in [3.63, 3.8) is 0 Å². The first-order valence-electron chi connectivity index (χ1n) is 7.26. The zero-order valence-electron chi connectivity index (χ0n) is 11.4. The molecule has 0 saturated carbocycles. The molecule has 2 rings (SSSR count). The average molecular weight is 247 g/mol. The van der Waals surface area contributed by atoms with Gasteiger partial charge in [-0.25, -0.2) is 0 Å². The molecule has 1 N–H and O–H groups in total. The zero-order chi connectivity index (χ0) is 12.6. The third kappa shape index (κ3) is 4.11. The molecule has 1 unspecified atom stereocenters. The number of benzene rings is 1. The van der Waals surface area contributed by atoms with Crippen molar-refractivity contribution in [2.45, 2.75) is 38.6 Å². The summed E-state index contributed by atoms with van der Waals surface area (Å²) in [7, 11) is 0. The summed E-state index contributed by atoms with van der Waals surface area (Å²) in [4.78, 5) is 0. The van der Waals surface area contributed by atoms with Crippen LogP contribution in [0.2, 0.25) is 0 Å². The van der Waals surface area contributed by atoms with Crippen molar-refractivity contribution in [1.29, 1.82) is 0 Å². The number of rotatable bonds is 6. The van der Waals surface area contributed by atoms with E-state index in [2.05, 4.69) is 42.6 Å². The Labute approximate surface area is 111 Å². The lowest BCUT2D eigenvalue weighted by molar-refractivity contribution is 0.0653. The van der Waals surface area contributed by atoms with Crippen molar-refractivity contribution in [2.75, 3.05) is 19.8 Å². The highest BCUT2D eigenvalue weighted by molar-refractivity contribution is 5.18. The standard InChI is InChI=1S/C16H25NO/c1-2-6-16(15-7-4-3-5-8-15)17-13-14-9-11-18-12-10-14/h3-5,7-8,14,16-17H,2,6,9-13H2,1H3. The van der Waals surface area contributed by atoms with E-state index in [4.69, 9.17) is 4.74 Å². The van der Waals surface area contributed by atoms with Crippen molar-refractivity contribution in [1.82, 2.24) is 5.32 Å². The fourth-order valence-corrected chi connectivity index (χ4v) is 2.62. The Balaban J connectivity index is 1.86. The van der Waals surface area contributed by atoms with Crippen LogP contribution in [0.15, 0.2) is 30.3 Å². The Morgan fingerprint density at radius 2 is 1.94 bits per heavy atom. The van der Waals surface area contributed by atoms with Crippen LogP contribution >= 0.6 is 0 Å². The predicted octanol–water partition coefficient (Wildman–Crippen LogP) is 3.54. The Morgan fingerprint density at radius 3 is 2.61 bits per heavy atom. The Hall–Kier alpha value is -0.860. The quantitative estimate of drug-likeness (QED) is 0.830. The van der Waals surface area contributed by atoms with Crippen LogP contribution in [0.1, 0.15) is 44.2 Å². The summed E-state index contributed by atoms with van der Waals surface area (Å²) in [6, 6.07) is 11.3. The summed E-state index contributed by atoms with van der Waals surface area (Å²) < 4.78 is 5.41. The molecule has 1 aliphatic heterocycles. The van der Waals surface area contributed by atoms with Gasteiger partial charge in [-0.2, -0.15) is 0 Å². The first-order chi connectivity index (χ1) is 8.90. The second-order valence-corrected chi connectivity index (χ2v) is 5.22. The first-order valence-corrected chi connectivity index (χ1v) is 7.26. The summed E-state index contributed by atoms with van der Waals surface area (Å²) in [5.41, 5.74) is 1.42.